The van der Waals surface area contributed by atoms with Crippen LogP contribution in [0.25, 0.3) is 16.9 Å². The molecule has 0 bridgehead atoms. The van der Waals surface area contributed by atoms with E-state index in [9.17, 15) is 18.6 Å². The molecule has 0 atom stereocenters. The van der Waals surface area contributed by atoms with Gasteiger partial charge in [-0.2, -0.15) is 8.42 Å². The van der Waals surface area contributed by atoms with Gasteiger partial charge < -0.3 is 14.4 Å². The van der Waals surface area contributed by atoms with E-state index in [1.54, 1.807) is 47.0 Å². The average molecular weight is 504 g/mol. The van der Waals surface area contributed by atoms with Gasteiger partial charge in [0.25, 0.3) is 0 Å². The molecular formula is C26H21N3O6S. The maximum absolute atomic E-state index is 11.1. The van der Waals surface area contributed by atoms with Crippen LogP contribution in [-0.4, -0.2) is 37.6 Å². The van der Waals surface area contributed by atoms with Gasteiger partial charge in [-0.25, -0.2) is 9.97 Å². The molecule has 0 amide bonds. The number of phenolic OH excluding ortho intramolecular Hbond substituents is 1. The summed E-state index contributed by atoms with van der Waals surface area (Å²) in [4.78, 5) is 9.51. The summed E-state index contributed by atoms with van der Waals surface area (Å²) in [7, 11) is -4.61. The largest absolute Gasteiger partial charge is 0.508 e. The van der Waals surface area contributed by atoms with Crippen molar-refractivity contribution in [2.24, 2.45) is 0 Å². The van der Waals surface area contributed by atoms with E-state index in [0.717, 1.165) is 16.7 Å². The third kappa shape index (κ3) is 5.14. The molecule has 10 heteroatoms. The first-order valence-electron chi connectivity index (χ1n) is 10.9. The number of phenols is 1. The number of nitrogens with zero attached hydrogens (tertiary/aromatic N) is 3. The summed E-state index contributed by atoms with van der Waals surface area (Å²) in [6.45, 7) is 0. The van der Waals surface area contributed by atoms with Gasteiger partial charge in [-0.1, -0.05) is 42.5 Å². The second kappa shape index (κ2) is 9.33. The molecule has 182 valence electrons. The number of hydrogen-bond donors (Lipinski definition) is 3. The summed E-state index contributed by atoms with van der Waals surface area (Å²) >= 11 is 0. The van der Waals surface area contributed by atoms with E-state index in [1.807, 2.05) is 30.3 Å². The molecule has 0 saturated carbocycles. The molecule has 0 fully saturated rings. The molecule has 0 spiro atoms. The number of rotatable bonds is 7. The molecule has 36 heavy (non-hydrogen) atoms. The van der Waals surface area contributed by atoms with Gasteiger partial charge in [0.2, 0.25) is 5.88 Å². The Hall–Kier alpha value is -4.41. The minimum Gasteiger partial charge on any atom is -0.508 e. The molecule has 0 aliphatic heterocycles. The van der Waals surface area contributed by atoms with Gasteiger partial charge in [0, 0.05) is 24.6 Å². The molecule has 5 rings (SSSR count). The molecule has 0 aliphatic rings. The fourth-order valence-electron chi connectivity index (χ4n) is 3.92. The summed E-state index contributed by atoms with van der Waals surface area (Å²) in [5, 5.41) is 20.7. The highest BCUT2D eigenvalue weighted by atomic mass is 32.3. The van der Waals surface area contributed by atoms with Crippen LogP contribution in [0.1, 0.15) is 22.5 Å². The van der Waals surface area contributed by atoms with E-state index in [4.69, 9.17) is 9.54 Å². The minimum absolute atomic E-state index is 0.0339. The third-order valence-corrected chi connectivity index (χ3v) is 6.00. The number of hydrogen-bond acceptors (Lipinski definition) is 7. The Morgan fingerprint density at radius 3 is 2.08 bits per heavy atom. The van der Waals surface area contributed by atoms with E-state index in [0.29, 0.717) is 29.1 Å². The topological polar surface area (TPSA) is 134 Å². The molecular weight excluding hydrogens is 482 g/mol. The van der Waals surface area contributed by atoms with Gasteiger partial charge in [-0.05, 0) is 47.5 Å². The number of benzene rings is 3. The first-order valence-corrected chi connectivity index (χ1v) is 12.3. The number of imidazole rings is 1. The fraction of sp³-hybridized carbons (Fsp3) is 0.0769. The van der Waals surface area contributed by atoms with Gasteiger partial charge in [-0.3, -0.25) is 8.95 Å². The summed E-state index contributed by atoms with van der Waals surface area (Å²) in [5.74, 6) is 0.0680. The SMILES string of the molecule is O=S(=O)(O)Oc1ccc(Cc2nc3c(Cc4ccccc4)nc(-c4ccc(O)cc4)cn3c2O)cc1. The van der Waals surface area contributed by atoms with Gasteiger partial charge in [-0.15, -0.1) is 0 Å². The molecule has 0 saturated heterocycles. The van der Waals surface area contributed by atoms with Crippen molar-refractivity contribution in [1.29, 1.82) is 0 Å². The highest BCUT2D eigenvalue weighted by Crippen LogP contribution is 2.29. The van der Waals surface area contributed by atoms with Crippen molar-refractivity contribution >= 4 is 16.0 Å². The predicted molar refractivity (Wildman–Crippen MR) is 132 cm³/mol. The van der Waals surface area contributed by atoms with Crippen molar-refractivity contribution in [2.45, 2.75) is 12.8 Å². The Bertz CT molecular complexity index is 1630. The maximum atomic E-state index is 11.1. The monoisotopic (exact) mass is 503 g/mol. The molecule has 0 radical (unpaired) electrons. The van der Waals surface area contributed by atoms with Crippen LogP contribution in [0.2, 0.25) is 0 Å². The average Bonchev–Trinajstić information content (AvgIpc) is 3.16. The molecule has 2 heterocycles. The van der Waals surface area contributed by atoms with Crippen LogP contribution in [0, 0.1) is 0 Å². The zero-order valence-electron chi connectivity index (χ0n) is 18.8. The van der Waals surface area contributed by atoms with Gasteiger partial charge in [0.15, 0.2) is 5.65 Å². The van der Waals surface area contributed by atoms with Gasteiger partial charge >= 0.3 is 10.4 Å². The third-order valence-electron chi connectivity index (χ3n) is 5.59. The van der Waals surface area contributed by atoms with Crippen LogP contribution >= 0.6 is 0 Å². The lowest BCUT2D eigenvalue weighted by molar-refractivity contribution is 0.386. The van der Waals surface area contributed by atoms with Crippen LogP contribution in [-0.2, 0) is 23.2 Å². The van der Waals surface area contributed by atoms with Crippen molar-refractivity contribution in [3.8, 4) is 28.6 Å². The summed E-state index contributed by atoms with van der Waals surface area (Å²) in [6.07, 6.45) is 2.46. The molecule has 0 unspecified atom stereocenters. The van der Waals surface area contributed by atoms with E-state index >= 15 is 0 Å². The first kappa shape index (κ1) is 23.3. The van der Waals surface area contributed by atoms with E-state index in [2.05, 4.69) is 9.17 Å². The Morgan fingerprint density at radius 2 is 1.42 bits per heavy atom. The first-order chi connectivity index (χ1) is 17.2. The fourth-order valence-corrected chi connectivity index (χ4v) is 4.27. The highest BCUT2D eigenvalue weighted by Gasteiger charge is 2.18. The molecule has 3 N–H and O–H groups in total. The Kier molecular flexibility index (Phi) is 6.05. The van der Waals surface area contributed by atoms with E-state index in [-0.39, 0.29) is 23.8 Å². The van der Waals surface area contributed by atoms with Crippen LogP contribution < -0.4 is 4.18 Å². The Morgan fingerprint density at radius 1 is 0.778 bits per heavy atom. The minimum atomic E-state index is -4.61. The van der Waals surface area contributed by atoms with Crippen molar-refractivity contribution in [1.82, 2.24) is 14.4 Å². The maximum Gasteiger partial charge on any atom is 0.446 e. The van der Waals surface area contributed by atoms with Crippen molar-refractivity contribution < 1.29 is 27.4 Å². The number of aromatic nitrogens is 3. The standard InChI is InChI=1S/C26H21N3O6S/c30-20-10-8-19(9-11-20)24-16-29-25(22(27-24)14-17-4-2-1-3-5-17)28-23(26(29)31)15-18-6-12-21(13-7-18)35-36(32,33)34/h1-13,16,30-31H,14-15H2,(H,32,33,34). The smallest absolute Gasteiger partial charge is 0.446 e. The highest BCUT2D eigenvalue weighted by molar-refractivity contribution is 7.81. The predicted octanol–water partition coefficient (Wildman–Crippen LogP) is 4.17. The Labute approximate surface area is 206 Å². The number of fused-ring (bicyclic) bond motifs is 1. The molecule has 0 aliphatic carbocycles. The summed E-state index contributed by atoms with van der Waals surface area (Å²) in [5.41, 5.74) is 4.76. The quantitative estimate of drug-likeness (QED) is 0.282. The Balaban J connectivity index is 1.55. The second-order valence-electron chi connectivity index (χ2n) is 8.19. The zero-order valence-corrected chi connectivity index (χ0v) is 19.6. The zero-order chi connectivity index (χ0) is 25.3. The van der Waals surface area contributed by atoms with Crippen LogP contribution in [0.15, 0.2) is 85.1 Å². The van der Waals surface area contributed by atoms with E-state index < -0.39 is 10.4 Å². The normalized spacial score (nSPS) is 11.6. The summed E-state index contributed by atoms with van der Waals surface area (Å²) in [6, 6.07) is 22.5. The van der Waals surface area contributed by atoms with Crippen molar-refractivity contribution in [2.75, 3.05) is 0 Å². The second-order valence-corrected chi connectivity index (χ2v) is 9.21. The number of aromatic hydroxyl groups is 2. The summed E-state index contributed by atoms with van der Waals surface area (Å²) < 4.78 is 36.7. The van der Waals surface area contributed by atoms with Gasteiger partial charge in [0.1, 0.15) is 17.2 Å². The lowest BCUT2D eigenvalue weighted by Crippen LogP contribution is -2.06. The van der Waals surface area contributed by atoms with Gasteiger partial charge in [0.05, 0.1) is 11.4 Å². The molecule has 5 aromatic rings. The van der Waals surface area contributed by atoms with E-state index in [1.165, 1.54) is 12.1 Å². The van der Waals surface area contributed by atoms with Crippen LogP contribution in [0.5, 0.6) is 17.4 Å². The van der Waals surface area contributed by atoms with Crippen molar-refractivity contribution in [3.63, 3.8) is 0 Å². The molecule has 9 nitrogen and oxygen atoms in total. The molecule has 3 aromatic carbocycles. The lowest BCUT2D eigenvalue weighted by atomic mass is 10.1. The van der Waals surface area contributed by atoms with Crippen molar-refractivity contribution in [3.05, 3.63) is 108 Å². The lowest BCUT2D eigenvalue weighted by Gasteiger charge is -2.08. The molecule has 2 aromatic heterocycles. The van der Waals surface area contributed by atoms with Crippen LogP contribution in [0.3, 0.4) is 0 Å². The van der Waals surface area contributed by atoms with Crippen LogP contribution in [0.4, 0.5) is 0 Å².